The molecule has 1 aliphatic heterocycles. The highest BCUT2D eigenvalue weighted by Crippen LogP contribution is 2.18. The third-order valence-electron chi connectivity index (χ3n) is 5.09. The van der Waals surface area contributed by atoms with Gasteiger partial charge in [0.25, 0.3) is 5.91 Å². The Morgan fingerprint density at radius 3 is 3.00 bits per heavy atom. The number of piperidine rings is 1. The van der Waals surface area contributed by atoms with Crippen LogP contribution in [0.3, 0.4) is 0 Å². The van der Waals surface area contributed by atoms with E-state index < -0.39 is 0 Å². The van der Waals surface area contributed by atoms with E-state index in [1.54, 1.807) is 23.1 Å². The van der Waals surface area contributed by atoms with Crippen molar-refractivity contribution in [3.63, 3.8) is 0 Å². The van der Waals surface area contributed by atoms with Gasteiger partial charge in [0.2, 0.25) is 0 Å². The molecule has 1 saturated heterocycles. The predicted molar refractivity (Wildman–Crippen MR) is 107 cm³/mol. The van der Waals surface area contributed by atoms with E-state index in [1.165, 1.54) is 18.4 Å². The molecule has 0 spiro atoms. The molecular formula is C21H25N5O2. The van der Waals surface area contributed by atoms with Gasteiger partial charge in [-0.15, -0.1) is 0 Å². The van der Waals surface area contributed by atoms with Gasteiger partial charge >= 0.3 is 0 Å². The number of aryl methyl sites for hydroxylation is 2. The number of aromatic nitrogens is 3. The van der Waals surface area contributed by atoms with Crippen LogP contribution in [0, 0.1) is 13.8 Å². The van der Waals surface area contributed by atoms with E-state index in [2.05, 4.69) is 33.9 Å². The first-order valence-corrected chi connectivity index (χ1v) is 9.71. The van der Waals surface area contributed by atoms with Gasteiger partial charge in [0, 0.05) is 18.5 Å². The summed E-state index contributed by atoms with van der Waals surface area (Å²) in [6.45, 7) is 5.14. The van der Waals surface area contributed by atoms with Crippen LogP contribution in [0.15, 0.2) is 41.2 Å². The number of benzene rings is 1. The van der Waals surface area contributed by atoms with Crippen LogP contribution in [0.1, 0.15) is 46.6 Å². The van der Waals surface area contributed by atoms with Crippen molar-refractivity contribution in [2.75, 3.05) is 11.9 Å². The number of nitrogens with zero attached hydrogens (tertiary/aromatic N) is 3. The zero-order chi connectivity index (χ0) is 19.5. The van der Waals surface area contributed by atoms with Gasteiger partial charge in [-0.1, -0.05) is 29.3 Å². The lowest BCUT2D eigenvalue weighted by Crippen LogP contribution is -2.35. The highest BCUT2D eigenvalue weighted by molar-refractivity contribution is 6.02. The van der Waals surface area contributed by atoms with Gasteiger partial charge in [0.15, 0.2) is 5.69 Å². The Labute approximate surface area is 164 Å². The van der Waals surface area contributed by atoms with Gasteiger partial charge < -0.3 is 15.2 Å². The standard InChI is InChI=1S/C21H25N5O2/c1-14-6-7-20(15(2)9-14)26-13-17(12-23-26)24-21(27)19-11-18(28-25-19)10-16-5-3-4-8-22-16/h6-7,9,11-13,16,22H,3-5,8,10H2,1-2H3,(H,24,27). The molecule has 2 N–H and O–H groups in total. The van der Waals surface area contributed by atoms with E-state index in [4.69, 9.17) is 4.52 Å². The number of rotatable bonds is 5. The summed E-state index contributed by atoms with van der Waals surface area (Å²) in [5.41, 5.74) is 4.20. The molecule has 0 radical (unpaired) electrons. The molecule has 146 valence electrons. The van der Waals surface area contributed by atoms with E-state index in [0.717, 1.165) is 36.4 Å². The minimum atomic E-state index is -0.299. The molecular weight excluding hydrogens is 354 g/mol. The molecule has 0 saturated carbocycles. The molecule has 1 aromatic carbocycles. The third kappa shape index (κ3) is 4.14. The van der Waals surface area contributed by atoms with Crippen LogP contribution in [0.2, 0.25) is 0 Å². The molecule has 0 aliphatic carbocycles. The maximum atomic E-state index is 12.5. The lowest BCUT2D eigenvalue weighted by atomic mass is 10.0. The second-order valence-electron chi connectivity index (χ2n) is 7.45. The summed E-state index contributed by atoms with van der Waals surface area (Å²) in [4.78, 5) is 12.5. The summed E-state index contributed by atoms with van der Waals surface area (Å²) in [5, 5.41) is 14.6. The van der Waals surface area contributed by atoms with Crippen molar-refractivity contribution in [3.8, 4) is 5.69 Å². The Bertz CT molecular complexity index is 969. The SMILES string of the molecule is Cc1ccc(-n2cc(NC(=O)c3cc(CC4CCCCN4)on3)cn2)c(C)c1. The second kappa shape index (κ2) is 7.98. The van der Waals surface area contributed by atoms with Crippen LogP contribution in [0.4, 0.5) is 5.69 Å². The van der Waals surface area contributed by atoms with Gasteiger partial charge in [-0.3, -0.25) is 4.79 Å². The fourth-order valence-electron chi connectivity index (χ4n) is 3.63. The molecule has 1 fully saturated rings. The first-order chi connectivity index (χ1) is 13.6. The molecule has 1 atom stereocenters. The first kappa shape index (κ1) is 18.4. The Kier molecular flexibility index (Phi) is 5.25. The Morgan fingerprint density at radius 1 is 1.32 bits per heavy atom. The van der Waals surface area contributed by atoms with Crippen molar-refractivity contribution in [1.29, 1.82) is 0 Å². The van der Waals surface area contributed by atoms with Crippen LogP contribution in [-0.4, -0.2) is 33.4 Å². The molecule has 3 heterocycles. The Balaban J connectivity index is 1.41. The Hall–Kier alpha value is -2.93. The summed E-state index contributed by atoms with van der Waals surface area (Å²) in [6, 6.07) is 8.29. The van der Waals surface area contributed by atoms with E-state index in [1.807, 2.05) is 19.1 Å². The quantitative estimate of drug-likeness (QED) is 0.710. The largest absolute Gasteiger partial charge is 0.361 e. The topological polar surface area (TPSA) is 85.0 Å². The molecule has 28 heavy (non-hydrogen) atoms. The third-order valence-corrected chi connectivity index (χ3v) is 5.09. The fourth-order valence-corrected chi connectivity index (χ4v) is 3.63. The fraction of sp³-hybridized carbons (Fsp3) is 0.381. The van der Waals surface area contributed by atoms with Crippen molar-refractivity contribution >= 4 is 11.6 Å². The van der Waals surface area contributed by atoms with Crippen molar-refractivity contribution in [3.05, 3.63) is 59.2 Å². The summed E-state index contributed by atoms with van der Waals surface area (Å²) in [7, 11) is 0. The molecule has 1 aliphatic rings. The normalized spacial score (nSPS) is 16.9. The second-order valence-corrected chi connectivity index (χ2v) is 7.45. The highest BCUT2D eigenvalue weighted by atomic mass is 16.5. The van der Waals surface area contributed by atoms with Crippen LogP contribution in [-0.2, 0) is 6.42 Å². The van der Waals surface area contributed by atoms with E-state index in [0.29, 0.717) is 11.7 Å². The molecule has 0 bridgehead atoms. The van der Waals surface area contributed by atoms with Crippen LogP contribution < -0.4 is 10.6 Å². The monoisotopic (exact) mass is 379 g/mol. The van der Waals surface area contributed by atoms with Gasteiger partial charge in [-0.25, -0.2) is 4.68 Å². The highest BCUT2D eigenvalue weighted by Gasteiger charge is 2.18. The predicted octanol–water partition coefficient (Wildman–Crippen LogP) is 3.41. The maximum Gasteiger partial charge on any atom is 0.277 e. The summed E-state index contributed by atoms with van der Waals surface area (Å²) < 4.78 is 7.11. The summed E-state index contributed by atoms with van der Waals surface area (Å²) >= 11 is 0. The van der Waals surface area contributed by atoms with Crippen molar-refractivity contribution < 1.29 is 9.32 Å². The molecule has 7 heteroatoms. The van der Waals surface area contributed by atoms with Crippen LogP contribution >= 0.6 is 0 Å². The van der Waals surface area contributed by atoms with Gasteiger partial charge in [-0.05, 0) is 44.9 Å². The number of carbonyl (C=O) groups is 1. The Morgan fingerprint density at radius 2 is 2.21 bits per heavy atom. The minimum absolute atomic E-state index is 0.282. The van der Waals surface area contributed by atoms with Gasteiger partial charge in [0.1, 0.15) is 5.76 Å². The maximum absolute atomic E-state index is 12.5. The van der Waals surface area contributed by atoms with Gasteiger partial charge in [0.05, 0.1) is 23.8 Å². The number of anilines is 1. The number of carbonyl (C=O) groups excluding carboxylic acids is 1. The smallest absolute Gasteiger partial charge is 0.277 e. The zero-order valence-electron chi connectivity index (χ0n) is 16.2. The number of nitrogens with one attached hydrogen (secondary N) is 2. The van der Waals surface area contributed by atoms with Crippen molar-refractivity contribution in [2.45, 2.75) is 45.6 Å². The van der Waals surface area contributed by atoms with Crippen molar-refractivity contribution in [2.24, 2.45) is 0 Å². The lowest BCUT2D eigenvalue weighted by molar-refractivity contribution is 0.101. The number of amides is 1. The number of hydrogen-bond donors (Lipinski definition) is 2. The van der Waals surface area contributed by atoms with Gasteiger partial charge in [-0.2, -0.15) is 5.10 Å². The summed E-state index contributed by atoms with van der Waals surface area (Å²) in [5.74, 6) is 0.433. The zero-order valence-corrected chi connectivity index (χ0v) is 16.2. The summed E-state index contributed by atoms with van der Waals surface area (Å²) in [6.07, 6.45) is 7.75. The molecule has 7 nitrogen and oxygen atoms in total. The van der Waals surface area contributed by atoms with Crippen molar-refractivity contribution in [1.82, 2.24) is 20.3 Å². The molecule has 1 unspecified atom stereocenters. The molecule has 4 rings (SSSR count). The lowest BCUT2D eigenvalue weighted by Gasteiger charge is -2.21. The molecule has 3 aromatic rings. The van der Waals surface area contributed by atoms with Crippen LogP contribution in [0.5, 0.6) is 0 Å². The average Bonchev–Trinajstić information content (AvgIpc) is 3.32. The van der Waals surface area contributed by atoms with E-state index >= 15 is 0 Å². The average molecular weight is 379 g/mol. The van der Waals surface area contributed by atoms with E-state index in [9.17, 15) is 4.79 Å². The molecule has 1 amide bonds. The van der Waals surface area contributed by atoms with Crippen LogP contribution in [0.25, 0.3) is 5.69 Å². The minimum Gasteiger partial charge on any atom is -0.361 e. The first-order valence-electron chi connectivity index (χ1n) is 9.71. The number of hydrogen-bond acceptors (Lipinski definition) is 5. The van der Waals surface area contributed by atoms with E-state index in [-0.39, 0.29) is 11.6 Å². The molecule has 2 aromatic heterocycles.